The zero-order valence-electron chi connectivity index (χ0n) is 10.8. The molecule has 0 radical (unpaired) electrons. The van der Waals surface area contributed by atoms with Crippen molar-refractivity contribution in [2.24, 2.45) is 0 Å². The minimum Gasteiger partial charge on any atom is -0.348 e. The highest BCUT2D eigenvalue weighted by molar-refractivity contribution is 6.00. The second kappa shape index (κ2) is 4.50. The van der Waals surface area contributed by atoms with E-state index in [4.69, 9.17) is 5.41 Å². The summed E-state index contributed by atoms with van der Waals surface area (Å²) in [5, 5.41) is 8.15. The molecule has 96 valence electrons. The highest BCUT2D eigenvalue weighted by atomic mass is 19.1. The van der Waals surface area contributed by atoms with E-state index in [0.717, 1.165) is 5.56 Å². The van der Waals surface area contributed by atoms with Crippen LogP contribution >= 0.6 is 0 Å². The molecule has 19 heavy (non-hydrogen) atoms. The largest absolute Gasteiger partial charge is 0.348 e. The summed E-state index contributed by atoms with van der Waals surface area (Å²) < 4.78 is 13.2. The molecular weight excluding hydrogens is 239 g/mol. The Bertz CT molecular complexity index is 649. The molecule has 1 heterocycles. The van der Waals surface area contributed by atoms with Crippen molar-refractivity contribution in [1.29, 1.82) is 5.41 Å². The van der Waals surface area contributed by atoms with Gasteiger partial charge in [0.15, 0.2) is 0 Å². The maximum Gasteiger partial charge on any atom is 0.129 e. The minimum atomic E-state index is -0.277. The predicted octanol–water partition coefficient (Wildman–Crippen LogP) is 3.48. The Hall–Kier alpha value is -2.16. The third-order valence-electron chi connectivity index (χ3n) is 3.46. The normalized spacial score (nSPS) is 13.8. The number of hydrogen-bond donors (Lipinski definition) is 1. The number of benzene rings is 2. The van der Waals surface area contributed by atoms with E-state index in [0.29, 0.717) is 24.5 Å². The minimum absolute atomic E-state index is 0.277. The molecule has 0 amide bonds. The molecule has 1 aliphatic rings. The van der Waals surface area contributed by atoms with Gasteiger partial charge in [-0.2, -0.15) is 0 Å². The van der Waals surface area contributed by atoms with Crippen molar-refractivity contribution >= 4 is 5.84 Å². The summed E-state index contributed by atoms with van der Waals surface area (Å²) in [5.74, 6) is 0.136. The first-order valence-electron chi connectivity index (χ1n) is 6.31. The van der Waals surface area contributed by atoms with Gasteiger partial charge in [0.1, 0.15) is 11.7 Å². The summed E-state index contributed by atoms with van der Waals surface area (Å²) >= 11 is 0. The van der Waals surface area contributed by atoms with E-state index in [1.54, 1.807) is 6.07 Å². The van der Waals surface area contributed by atoms with E-state index in [9.17, 15) is 4.39 Å². The van der Waals surface area contributed by atoms with E-state index in [2.05, 4.69) is 25.1 Å². The molecule has 2 nitrogen and oxygen atoms in total. The van der Waals surface area contributed by atoms with E-state index < -0.39 is 0 Å². The maximum atomic E-state index is 13.2. The molecule has 3 heteroatoms. The van der Waals surface area contributed by atoms with Crippen LogP contribution in [-0.2, 0) is 13.1 Å². The van der Waals surface area contributed by atoms with Gasteiger partial charge in [0, 0.05) is 18.7 Å². The average Bonchev–Trinajstić information content (AvgIpc) is 2.67. The maximum absolute atomic E-state index is 13.2. The molecule has 0 atom stereocenters. The van der Waals surface area contributed by atoms with Crippen LogP contribution in [0.3, 0.4) is 0 Å². The molecule has 0 saturated carbocycles. The summed E-state index contributed by atoms with van der Waals surface area (Å²) in [4.78, 5) is 1.97. The molecule has 2 aromatic rings. The van der Waals surface area contributed by atoms with Crippen LogP contribution in [0.2, 0.25) is 0 Å². The van der Waals surface area contributed by atoms with E-state index in [1.165, 1.54) is 23.3 Å². The lowest BCUT2D eigenvalue weighted by atomic mass is 10.1. The summed E-state index contributed by atoms with van der Waals surface area (Å²) in [5.41, 5.74) is 4.14. The standard InChI is InChI=1S/C16H15FN2/c1-11-3-2-4-12(7-11)9-19-10-13-5-6-14(17)8-15(13)16(19)18/h2-8,18H,9-10H2,1H3. The van der Waals surface area contributed by atoms with Crippen LogP contribution in [0, 0.1) is 18.2 Å². The molecule has 0 unspecified atom stereocenters. The van der Waals surface area contributed by atoms with Gasteiger partial charge in [-0.05, 0) is 30.2 Å². The fraction of sp³-hybridized carbons (Fsp3) is 0.188. The lowest BCUT2D eigenvalue weighted by Gasteiger charge is -2.18. The zero-order valence-corrected chi connectivity index (χ0v) is 10.8. The first-order valence-corrected chi connectivity index (χ1v) is 6.31. The van der Waals surface area contributed by atoms with Crippen LogP contribution in [0.5, 0.6) is 0 Å². The molecule has 2 aromatic carbocycles. The Balaban J connectivity index is 1.84. The van der Waals surface area contributed by atoms with Gasteiger partial charge in [-0.15, -0.1) is 0 Å². The summed E-state index contributed by atoms with van der Waals surface area (Å²) in [6.45, 7) is 3.43. The Morgan fingerprint density at radius 3 is 2.84 bits per heavy atom. The monoisotopic (exact) mass is 254 g/mol. The third-order valence-corrected chi connectivity index (χ3v) is 3.46. The van der Waals surface area contributed by atoms with Crippen molar-refractivity contribution in [3.63, 3.8) is 0 Å². The van der Waals surface area contributed by atoms with Gasteiger partial charge < -0.3 is 4.90 Å². The number of fused-ring (bicyclic) bond motifs is 1. The molecule has 0 aromatic heterocycles. The van der Waals surface area contributed by atoms with Crippen molar-refractivity contribution in [3.8, 4) is 0 Å². The Labute approximate surface area is 112 Å². The van der Waals surface area contributed by atoms with Gasteiger partial charge in [0.2, 0.25) is 0 Å². The Morgan fingerprint density at radius 1 is 1.21 bits per heavy atom. The number of nitrogens with one attached hydrogen (secondary N) is 1. The van der Waals surface area contributed by atoms with Crippen LogP contribution in [0.25, 0.3) is 0 Å². The van der Waals surface area contributed by atoms with Gasteiger partial charge >= 0.3 is 0 Å². The smallest absolute Gasteiger partial charge is 0.129 e. The van der Waals surface area contributed by atoms with Crippen molar-refractivity contribution in [1.82, 2.24) is 4.90 Å². The Morgan fingerprint density at radius 2 is 2.05 bits per heavy atom. The molecule has 0 bridgehead atoms. The fourth-order valence-corrected chi connectivity index (χ4v) is 2.53. The summed E-state index contributed by atoms with van der Waals surface area (Å²) in [6.07, 6.45) is 0. The van der Waals surface area contributed by atoms with E-state index >= 15 is 0 Å². The topological polar surface area (TPSA) is 27.1 Å². The number of hydrogen-bond acceptors (Lipinski definition) is 1. The van der Waals surface area contributed by atoms with E-state index in [-0.39, 0.29) is 5.82 Å². The molecule has 0 aliphatic carbocycles. The SMILES string of the molecule is Cc1cccc(CN2Cc3ccc(F)cc3C2=N)c1. The zero-order chi connectivity index (χ0) is 13.4. The molecule has 0 fully saturated rings. The third kappa shape index (κ3) is 2.24. The summed E-state index contributed by atoms with van der Waals surface area (Å²) in [6, 6.07) is 13.0. The highest BCUT2D eigenvalue weighted by Crippen LogP contribution is 2.25. The first kappa shape index (κ1) is 11.9. The van der Waals surface area contributed by atoms with Crippen LogP contribution in [0.1, 0.15) is 22.3 Å². The molecule has 0 spiro atoms. The second-order valence-corrected chi connectivity index (χ2v) is 5.00. The molecular formula is C16H15FN2. The van der Waals surface area contributed by atoms with E-state index in [1.807, 2.05) is 11.0 Å². The second-order valence-electron chi connectivity index (χ2n) is 5.00. The van der Waals surface area contributed by atoms with Crippen LogP contribution in [0.15, 0.2) is 42.5 Å². The van der Waals surface area contributed by atoms with Crippen LogP contribution < -0.4 is 0 Å². The van der Waals surface area contributed by atoms with Gasteiger partial charge in [0.05, 0.1) is 0 Å². The van der Waals surface area contributed by atoms with Crippen LogP contribution in [-0.4, -0.2) is 10.7 Å². The fourth-order valence-electron chi connectivity index (χ4n) is 2.53. The van der Waals surface area contributed by atoms with Gasteiger partial charge in [-0.3, -0.25) is 5.41 Å². The highest BCUT2D eigenvalue weighted by Gasteiger charge is 2.24. The quantitative estimate of drug-likeness (QED) is 0.872. The lowest BCUT2D eigenvalue weighted by molar-refractivity contribution is 0.422. The van der Waals surface area contributed by atoms with Crippen molar-refractivity contribution in [2.75, 3.05) is 0 Å². The molecule has 3 rings (SSSR count). The number of aryl methyl sites for hydroxylation is 1. The van der Waals surface area contributed by atoms with Gasteiger partial charge in [-0.25, -0.2) is 4.39 Å². The van der Waals surface area contributed by atoms with Crippen molar-refractivity contribution < 1.29 is 4.39 Å². The Kier molecular flexibility index (Phi) is 2.82. The van der Waals surface area contributed by atoms with Crippen molar-refractivity contribution in [2.45, 2.75) is 20.0 Å². The average molecular weight is 254 g/mol. The van der Waals surface area contributed by atoms with Crippen molar-refractivity contribution in [3.05, 3.63) is 70.5 Å². The molecule has 1 N–H and O–H groups in total. The molecule has 1 aliphatic heterocycles. The van der Waals surface area contributed by atoms with Crippen LogP contribution in [0.4, 0.5) is 4.39 Å². The predicted molar refractivity (Wildman–Crippen MR) is 73.7 cm³/mol. The number of amidine groups is 1. The summed E-state index contributed by atoms with van der Waals surface area (Å²) in [7, 11) is 0. The lowest BCUT2D eigenvalue weighted by Crippen LogP contribution is -2.23. The van der Waals surface area contributed by atoms with Gasteiger partial charge in [-0.1, -0.05) is 35.9 Å². The molecule has 0 saturated heterocycles. The number of rotatable bonds is 2. The first-order chi connectivity index (χ1) is 9.13. The number of halogens is 1. The number of nitrogens with zero attached hydrogens (tertiary/aromatic N) is 1. The van der Waals surface area contributed by atoms with Gasteiger partial charge in [0.25, 0.3) is 0 Å².